The van der Waals surface area contributed by atoms with Crippen LogP contribution in [0.2, 0.25) is 5.02 Å². The van der Waals surface area contributed by atoms with Crippen LogP contribution in [0.1, 0.15) is 37.9 Å². The maximum Gasteiger partial charge on any atom is 0.347 e. The molecule has 1 N–H and O–H groups in total. The normalized spacial score (nSPS) is 18.1. The van der Waals surface area contributed by atoms with Crippen molar-refractivity contribution in [2.45, 2.75) is 32.1 Å². The van der Waals surface area contributed by atoms with Crippen LogP contribution in [0.15, 0.2) is 45.9 Å². The largest absolute Gasteiger partial charge is 0.455 e. The van der Waals surface area contributed by atoms with Crippen LogP contribution >= 0.6 is 11.6 Å². The molecule has 1 aromatic carbocycles. The zero-order chi connectivity index (χ0) is 23.9. The first kappa shape index (κ1) is 24.4. The molecule has 0 atom stereocenters. The van der Waals surface area contributed by atoms with Crippen LogP contribution in [-0.4, -0.2) is 77.4 Å². The Kier molecular flexibility index (Phi) is 8.37. The van der Waals surface area contributed by atoms with Crippen molar-refractivity contribution in [3.05, 3.63) is 47.2 Å². The molecule has 4 rings (SSSR count). The lowest BCUT2D eigenvalue weighted by molar-refractivity contribution is -0.125. The Morgan fingerprint density at radius 2 is 1.79 bits per heavy atom. The molecule has 0 unspecified atom stereocenters. The molecule has 0 aliphatic carbocycles. The molecule has 3 heterocycles. The number of aliphatic hydroxyl groups is 1. The number of imide groups is 1. The number of carbonyl (C=O) groups excluding carboxylic acids is 2. The smallest absolute Gasteiger partial charge is 0.347 e. The highest BCUT2D eigenvalue weighted by Gasteiger charge is 2.35. The molecule has 1 aromatic heterocycles. The molecule has 2 saturated heterocycles. The molecule has 2 aromatic rings. The minimum atomic E-state index is -0.393. The summed E-state index contributed by atoms with van der Waals surface area (Å²) in [5.74, 6) is 1.57. The lowest BCUT2D eigenvalue weighted by Crippen LogP contribution is -2.35. The summed E-state index contributed by atoms with van der Waals surface area (Å²) < 4.78 is 5.77. The molecule has 2 aliphatic heterocycles. The highest BCUT2D eigenvalue weighted by Crippen LogP contribution is 2.24. The van der Waals surface area contributed by atoms with Crippen molar-refractivity contribution in [2.24, 2.45) is 11.0 Å². The van der Waals surface area contributed by atoms with E-state index in [-0.39, 0.29) is 19.1 Å². The second kappa shape index (κ2) is 11.6. The number of nitrogens with zero attached hydrogens (tertiary/aromatic N) is 4. The first-order valence-corrected chi connectivity index (χ1v) is 12.3. The molecular weight excluding hydrogens is 456 g/mol. The van der Waals surface area contributed by atoms with Crippen LogP contribution in [0, 0.1) is 5.92 Å². The number of furan rings is 1. The van der Waals surface area contributed by atoms with Gasteiger partial charge in [0.25, 0.3) is 5.91 Å². The maximum absolute atomic E-state index is 12.6. The predicted molar refractivity (Wildman–Crippen MR) is 131 cm³/mol. The van der Waals surface area contributed by atoms with Gasteiger partial charge < -0.3 is 14.4 Å². The van der Waals surface area contributed by atoms with Gasteiger partial charge in [-0.1, -0.05) is 11.6 Å². The van der Waals surface area contributed by atoms with E-state index in [1.54, 1.807) is 18.2 Å². The number of urea groups is 1. The summed E-state index contributed by atoms with van der Waals surface area (Å²) >= 11 is 5.92. The van der Waals surface area contributed by atoms with Crippen molar-refractivity contribution < 1.29 is 19.1 Å². The van der Waals surface area contributed by atoms with E-state index in [0.29, 0.717) is 29.0 Å². The standard InChI is InChI=1S/C25H31ClN4O4/c26-21-5-3-20(4-6-21)23-8-7-22(34-23)17-27-30-18-24(32)29(25(30)33)13-2-1-12-28-14-9-19(10-15-28)11-16-31/h3-8,17,19,31H,1-2,9-16,18H2. The number of carbonyl (C=O) groups is 2. The van der Waals surface area contributed by atoms with E-state index in [9.17, 15) is 9.59 Å². The second-order valence-corrected chi connectivity index (χ2v) is 9.28. The van der Waals surface area contributed by atoms with Gasteiger partial charge in [0.2, 0.25) is 0 Å². The maximum atomic E-state index is 12.6. The summed E-state index contributed by atoms with van der Waals surface area (Å²) in [5, 5.41) is 15.1. The quantitative estimate of drug-likeness (QED) is 0.310. The van der Waals surface area contributed by atoms with E-state index >= 15 is 0 Å². The first-order chi connectivity index (χ1) is 16.5. The minimum absolute atomic E-state index is 0.0571. The molecular formula is C25H31ClN4O4. The van der Waals surface area contributed by atoms with E-state index in [1.807, 2.05) is 18.2 Å². The zero-order valence-electron chi connectivity index (χ0n) is 19.2. The second-order valence-electron chi connectivity index (χ2n) is 8.84. The first-order valence-electron chi connectivity index (χ1n) is 11.9. The Hall–Kier alpha value is -2.68. The Balaban J connectivity index is 1.21. The number of hydrogen-bond acceptors (Lipinski definition) is 6. The number of unbranched alkanes of at least 4 members (excludes halogenated alkanes) is 1. The van der Waals surface area contributed by atoms with Crippen molar-refractivity contribution >= 4 is 29.8 Å². The highest BCUT2D eigenvalue weighted by molar-refractivity contribution is 6.30. The van der Waals surface area contributed by atoms with E-state index in [2.05, 4.69) is 10.0 Å². The molecule has 2 aliphatic rings. The summed E-state index contributed by atoms with van der Waals surface area (Å²) in [7, 11) is 0. The van der Waals surface area contributed by atoms with Gasteiger partial charge in [0.1, 0.15) is 18.1 Å². The van der Waals surface area contributed by atoms with Gasteiger partial charge in [0.15, 0.2) is 0 Å². The Labute approximate surface area is 204 Å². The van der Waals surface area contributed by atoms with Crippen molar-refractivity contribution in [3.63, 3.8) is 0 Å². The highest BCUT2D eigenvalue weighted by atomic mass is 35.5. The summed E-state index contributed by atoms with van der Waals surface area (Å²) in [5.41, 5.74) is 0.886. The summed E-state index contributed by atoms with van der Waals surface area (Å²) in [6, 6.07) is 10.5. The third-order valence-corrected chi connectivity index (χ3v) is 6.72. The average molecular weight is 487 g/mol. The van der Waals surface area contributed by atoms with Crippen LogP contribution in [0.3, 0.4) is 0 Å². The van der Waals surface area contributed by atoms with Gasteiger partial charge in [-0.3, -0.25) is 9.69 Å². The van der Waals surface area contributed by atoms with Gasteiger partial charge in [0, 0.05) is 23.7 Å². The number of benzene rings is 1. The average Bonchev–Trinajstić information content (AvgIpc) is 3.42. The molecule has 0 radical (unpaired) electrons. The van der Waals surface area contributed by atoms with E-state index in [0.717, 1.165) is 57.3 Å². The number of likely N-dealkylation sites (tertiary alicyclic amines) is 1. The number of piperidine rings is 1. The Morgan fingerprint density at radius 1 is 1.06 bits per heavy atom. The fourth-order valence-corrected chi connectivity index (χ4v) is 4.57. The zero-order valence-corrected chi connectivity index (χ0v) is 20.0. The topological polar surface area (TPSA) is 89.6 Å². The molecule has 0 bridgehead atoms. The van der Waals surface area contributed by atoms with Gasteiger partial charge in [-0.15, -0.1) is 0 Å². The minimum Gasteiger partial charge on any atom is -0.455 e. The van der Waals surface area contributed by atoms with E-state index < -0.39 is 6.03 Å². The summed E-state index contributed by atoms with van der Waals surface area (Å²) in [6.07, 6.45) is 6.32. The number of hydrogen-bond donors (Lipinski definition) is 1. The molecule has 2 fully saturated rings. The monoisotopic (exact) mass is 486 g/mol. The van der Waals surface area contributed by atoms with Gasteiger partial charge >= 0.3 is 6.03 Å². The lowest BCUT2D eigenvalue weighted by Gasteiger charge is -2.31. The van der Waals surface area contributed by atoms with Crippen LogP contribution in [0.4, 0.5) is 4.79 Å². The molecule has 3 amide bonds. The molecule has 182 valence electrons. The number of hydrazone groups is 1. The van der Waals surface area contributed by atoms with Crippen LogP contribution in [-0.2, 0) is 4.79 Å². The van der Waals surface area contributed by atoms with Crippen LogP contribution in [0.25, 0.3) is 11.3 Å². The lowest BCUT2D eigenvalue weighted by atomic mass is 9.94. The third-order valence-electron chi connectivity index (χ3n) is 6.47. The van der Waals surface area contributed by atoms with Gasteiger partial charge in [-0.25, -0.2) is 9.80 Å². The number of aliphatic hydroxyl groups excluding tert-OH is 1. The van der Waals surface area contributed by atoms with Crippen LogP contribution in [0.5, 0.6) is 0 Å². The number of amides is 3. The van der Waals surface area contributed by atoms with E-state index in [1.165, 1.54) is 16.1 Å². The molecule has 9 heteroatoms. The van der Waals surface area contributed by atoms with Gasteiger partial charge in [-0.2, -0.15) is 5.10 Å². The molecule has 34 heavy (non-hydrogen) atoms. The summed E-state index contributed by atoms with van der Waals surface area (Å²) in [4.78, 5) is 28.7. The number of halogens is 1. The molecule has 0 spiro atoms. The van der Waals surface area contributed by atoms with Crippen molar-refractivity contribution in [1.29, 1.82) is 0 Å². The Bertz CT molecular complexity index is 999. The van der Waals surface area contributed by atoms with Crippen LogP contribution < -0.4 is 0 Å². The predicted octanol–water partition coefficient (Wildman–Crippen LogP) is 4.07. The molecule has 0 saturated carbocycles. The molecule has 8 nitrogen and oxygen atoms in total. The van der Waals surface area contributed by atoms with E-state index in [4.69, 9.17) is 21.1 Å². The van der Waals surface area contributed by atoms with Gasteiger partial charge in [-0.05, 0) is 94.1 Å². The number of rotatable bonds is 10. The fraction of sp³-hybridized carbons (Fsp3) is 0.480. The third kappa shape index (κ3) is 6.25. The fourth-order valence-electron chi connectivity index (χ4n) is 4.44. The van der Waals surface area contributed by atoms with Crippen molar-refractivity contribution in [1.82, 2.24) is 14.8 Å². The SMILES string of the molecule is O=C1CN(N=Cc2ccc(-c3ccc(Cl)cc3)o2)C(=O)N1CCCCN1CCC(CCO)CC1. The van der Waals surface area contributed by atoms with Crippen molar-refractivity contribution in [3.8, 4) is 11.3 Å². The summed E-state index contributed by atoms with van der Waals surface area (Å²) in [6.45, 7) is 3.71. The van der Waals surface area contributed by atoms with Gasteiger partial charge in [0.05, 0.1) is 6.21 Å². The van der Waals surface area contributed by atoms with Crippen molar-refractivity contribution in [2.75, 3.05) is 39.3 Å². The Morgan fingerprint density at radius 3 is 2.53 bits per heavy atom.